The molecular formula is C17H20O2Si. The number of carbonyl (C=O) groups excluding carboxylic acids is 1. The quantitative estimate of drug-likeness (QED) is 0.623. The van der Waals surface area contributed by atoms with E-state index in [4.69, 9.17) is 4.74 Å². The minimum absolute atomic E-state index is 0.102. The average molecular weight is 284 g/mol. The molecule has 0 amide bonds. The summed E-state index contributed by atoms with van der Waals surface area (Å²) in [5.74, 6) is -0.102. The molecule has 2 nitrogen and oxygen atoms in total. The van der Waals surface area contributed by atoms with E-state index in [1.54, 1.807) is 0 Å². The summed E-state index contributed by atoms with van der Waals surface area (Å²) in [6.07, 6.45) is 0. The first kappa shape index (κ1) is 14.5. The Hall–Kier alpha value is -1.87. The number of hydrogen-bond donors (Lipinski definition) is 0. The predicted molar refractivity (Wildman–Crippen MR) is 85.2 cm³/mol. The van der Waals surface area contributed by atoms with Crippen LogP contribution in [-0.2, 0) is 9.53 Å². The maximum atomic E-state index is 12.0. The summed E-state index contributed by atoms with van der Waals surface area (Å²) in [6, 6.07) is 21.1. The monoisotopic (exact) mass is 284 g/mol. The number of carbonyl (C=O) groups is 1. The first-order chi connectivity index (χ1) is 9.66. The van der Waals surface area contributed by atoms with Crippen LogP contribution in [0, 0.1) is 0 Å². The highest BCUT2D eigenvalue weighted by Gasteiger charge is 2.34. The Bertz CT molecular complexity index is 512. The van der Waals surface area contributed by atoms with Gasteiger partial charge in [0, 0.05) is 6.04 Å². The third-order valence-electron chi connectivity index (χ3n) is 3.63. The van der Waals surface area contributed by atoms with Crippen LogP contribution in [0.5, 0.6) is 0 Å². The lowest BCUT2D eigenvalue weighted by atomic mass is 10.4. The third-order valence-corrected chi connectivity index (χ3v) is 7.84. The van der Waals surface area contributed by atoms with Crippen LogP contribution >= 0.6 is 0 Å². The molecule has 0 unspecified atom stereocenters. The fourth-order valence-electron chi connectivity index (χ4n) is 2.48. The van der Waals surface area contributed by atoms with Crippen molar-refractivity contribution in [2.45, 2.75) is 19.5 Å². The van der Waals surface area contributed by atoms with Crippen LogP contribution < -0.4 is 10.4 Å². The number of esters is 1. The molecule has 0 atom stereocenters. The van der Waals surface area contributed by atoms with E-state index in [0.717, 1.165) is 0 Å². The fourth-order valence-corrected chi connectivity index (χ4v) is 5.76. The van der Waals surface area contributed by atoms with Crippen LogP contribution in [0.3, 0.4) is 0 Å². The molecule has 0 heterocycles. The summed E-state index contributed by atoms with van der Waals surface area (Å²) in [7, 11) is -2.08. The Kier molecular flexibility index (Phi) is 4.74. The molecule has 0 saturated heterocycles. The number of benzene rings is 2. The molecule has 0 aliphatic heterocycles. The van der Waals surface area contributed by atoms with E-state index in [0.29, 0.717) is 12.7 Å². The van der Waals surface area contributed by atoms with Gasteiger partial charge in [-0.25, -0.2) is 0 Å². The standard InChI is InChI=1S/C17H20O2Si/c1-3-19-17(18)14-20(2,15-10-6-4-7-11-15)16-12-8-5-9-13-16/h4-13H,3,14H2,1-2H3. The first-order valence-corrected chi connectivity index (χ1v) is 9.64. The minimum atomic E-state index is -2.08. The van der Waals surface area contributed by atoms with Gasteiger partial charge in [-0.1, -0.05) is 77.6 Å². The van der Waals surface area contributed by atoms with E-state index in [1.807, 2.05) is 43.3 Å². The Morgan fingerprint density at radius 3 is 1.80 bits per heavy atom. The van der Waals surface area contributed by atoms with Crippen LogP contribution in [0.15, 0.2) is 60.7 Å². The lowest BCUT2D eigenvalue weighted by Gasteiger charge is -2.27. The van der Waals surface area contributed by atoms with Gasteiger partial charge in [-0.15, -0.1) is 0 Å². The van der Waals surface area contributed by atoms with Gasteiger partial charge >= 0.3 is 5.97 Å². The Morgan fingerprint density at radius 1 is 0.950 bits per heavy atom. The summed E-state index contributed by atoms with van der Waals surface area (Å²) < 4.78 is 5.18. The maximum absolute atomic E-state index is 12.0. The number of hydrogen-bond acceptors (Lipinski definition) is 2. The van der Waals surface area contributed by atoms with Crippen molar-refractivity contribution in [2.24, 2.45) is 0 Å². The predicted octanol–water partition coefficient (Wildman–Crippen LogP) is 2.44. The molecule has 3 heteroatoms. The Balaban J connectivity index is 2.41. The topological polar surface area (TPSA) is 26.3 Å². The van der Waals surface area contributed by atoms with Crippen LogP contribution in [0.25, 0.3) is 0 Å². The zero-order valence-electron chi connectivity index (χ0n) is 12.0. The van der Waals surface area contributed by atoms with Gasteiger partial charge in [0.1, 0.15) is 8.07 Å². The van der Waals surface area contributed by atoms with E-state index in [2.05, 4.69) is 30.8 Å². The van der Waals surface area contributed by atoms with Gasteiger partial charge in [0.15, 0.2) is 0 Å². The molecule has 0 fully saturated rings. The van der Waals surface area contributed by atoms with Crippen LogP contribution in [0.1, 0.15) is 6.92 Å². The minimum Gasteiger partial charge on any atom is -0.466 e. The molecule has 0 N–H and O–H groups in total. The Morgan fingerprint density at radius 2 is 1.40 bits per heavy atom. The highest BCUT2D eigenvalue weighted by Crippen LogP contribution is 2.12. The lowest BCUT2D eigenvalue weighted by molar-refractivity contribution is -0.140. The van der Waals surface area contributed by atoms with Crippen molar-refractivity contribution < 1.29 is 9.53 Å². The summed E-state index contributed by atoms with van der Waals surface area (Å²) in [5, 5.41) is 2.53. The molecule has 0 aliphatic carbocycles. The summed E-state index contributed by atoms with van der Waals surface area (Å²) in [4.78, 5) is 12.0. The molecule has 0 aromatic heterocycles. The van der Waals surface area contributed by atoms with Crippen molar-refractivity contribution in [1.29, 1.82) is 0 Å². The molecule has 0 bridgehead atoms. The largest absolute Gasteiger partial charge is 0.466 e. The molecule has 2 aromatic carbocycles. The molecule has 0 aliphatic rings. The molecular weight excluding hydrogens is 264 g/mol. The normalized spacial score (nSPS) is 11.1. The summed E-state index contributed by atoms with van der Waals surface area (Å²) in [6.45, 7) is 4.52. The molecule has 2 rings (SSSR count). The van der Waals surface area contributed by atoms with Gasteiger partial charge in [-0.2, -0.15) is 0 Å². The van der Waals surface area contributed by atoms with Gasteiger partial charge in [0.2, 0.25) is 0 Å². The van der Waals surface area contributed by atoms with Crippen LogP contribution in [0.4, 0.5) is 0 Å². The van der Waals surface area contributed by atoms with Crippen molar-refractivity contribution in [1.82, 2.24) is 0 Å². The van der Waals surface area contributed by atoms with Gasteiger partial charge < -0.3 is 4.74 Å². The van der Waals surface area contributed by atoms with E-state index in [-0.39, 0.29) is 5.97 Å². The second kappa shape index (κ2) is 6.53. The summed E-state index contributed by atoms with van der Waals surface area (Å²) >= 11 is 0. The summed E-state index contributed by atoms with van der Waals surface area (Å²) in [5.41, 5.74) is 0. The first-order valence-electron chi connectivity index (χ1n) is 6.93. The van der Waals surface area contributed by atoms with Crippen LogP contribution in [-0.4, -0.2) is 20.7 Å². The van der Waals surface area contributed by atoms with Gasteiger partial charge in [-0.05, 0) is 6.92 Å². The van der Waals surface area contributed by atoms with E-state index >= 15 is 0 Å². The molecule has 0 saturated carbocycles. The van der Waals surface area contributed by atoms with Crippen LogP contribution in [0.2, 0.25) is 12.6 Å². The molecule has 0 spiro atoms. The van der Waals surface area contributed by atoms with Crippen molar-refractivity contribution >= 4 is 24.4 Å². The van der Waals surface area contributed by atoms with E-state index < -0.39 is 8.07 Å². The van der Waals surface area contributed by atoms with E-state index in [1.165, 1.54) is 10.4 Å². The van der Waals surface area contributed by atoms with Gasteiger partial charge in [0.05, 0.1) is 6.61 Å². The highest BCUT2D eigenvalue weighted by molar-refractivity contribution is 7.02. The fraction of sp³-hybridized carbons (Fsp3) is 0.235. The smallest absolute Gasteiger partial charge is 0.303 e. The van der Waals surface area contributed by atoms with Crippen molar-refractivity contribution in [2.75, 3.05) is 6.61 Å². The maximum Gasteiger partial charge on any atom is 0.303 e. The van der Waals surface area contributed by atoms with Crippen molar-refractivity contribution in [3.63, 3.8) is 0 Å². The highest BCUT2D eigenvalue weighted by atomic mass is 28.3. The third kappa shape index (κ3) is 3.17. The zero-order chi connectivity index (χ0) is 14.4. The SMILES string of the molecule is CCOC(=O)C[Si](C)(c1ccccc1)c1ccccc1. The zero-order valence-corrected chi connectivity index (χ0v) is 13.0. The molecule has 20 heavy (non-hydrogen) atoms. The second-order valence-corrected chi connectivity index (χ2v) is 9.22. The molecule has 104 valence electrons. The Labute approximate surface area is 121 Å². The van der Waals surface area contributed by atoms with Gasteiger partial charge in [0.25, 0.3) is 0 Å². The molecule has 0 radical (unpaired) electrons. The van der Waals surface area contributed by atoms with E-state index in [9.17, 15) is 4.79 Å². The second-order valence-electron chi connectivity index (χ2n) is 5.05. The van der Waals surface area contributed by atoms with Crippen molar-refractivity contribution in [3.8, 4) is 0 Å². The lowest BCUT2D eigenvalue weighted by Crippen LogP contribution is -2.56. The average Bonchev–Trinajstić information content (AvgIpc) is 2.49. The van der Waals surface area contributed by atoms with Crippen molar-refractivity contribution in [3.05, 3.63) is 60.7 Å². The number of rotatable bonds is 5. The van der Waals surface area contributed by atoms with Gasteiger partial charge in [-0.3, -0.25) is 4.79 Å². The number of ether oxygens (including phenoxy) is 1. The molecule has 2 aromatic rings.